The molecule has 0 radical (unpaired) electrons. The lowest BCUT2D eigenvalue weighted by atomic mass is 10.1. The molecule has 0 atom stereocenters. The molecule has 1 aromatic rings. The van der Waals surface area contributed by atoms with Gasteiger partial charge in [-0.25, -0.2) is 4.79 Å². The topological polar surface area (TPSA) is 81.9 Å². The monoisotopic (exact) mass is 298 g/mol. The van der Waals surface area contributed by atoms with E-state index in [1.54, 1.807) is 6.92 Å². The van der Waals surface area contributed by atoms with Crippen LogP contribution in [0.2, 0.25) is 0 Å². The van der Waals surface area contributed by atoms with Crippen LogP contribution in [0.15, 0.2) is 0 Å². The van der Waals surface area contributed by atoms with Crippen LogP contribution < -0.4 is 10.6 Å². The summed E-state index contributed by atoms with van der Waals surface area (Å²) in [5.41, 5.74) is 6.53. The highest BCUT2D eigenvalue weighted by molar-refractivity contribution is 7.19. The molecule has 1 saturated heterocycles. The number of carbonyl (C=O) groups excluding carboxylic acids is 2. The van der Waals surface area contributed by atoms with Crippen molar-refractivity contribution in [3.8, 4) is 0 Å². The van der Waals surface area contributed by atoms with E-state index in [0.717, 1.165) is 0 Å². The lowest BCUT2D eigenvalue weighted by molar-refractivity contribution is 0.0602. The van der Waals surface area contributed by atoms with Gasteiger partial charge in [0, 0.05) is 19.5 Å². The summed E-state index contributed by atoms with van der Waals surface area (Å²) in [6, 6.07) is 0. The van der Waals surface area contributed by atoms with Crippen molar-refractivity contribution in [1.29, 1.82) is 0 Å². The summed E-state index contributed by atoms with van der Waals surface area (Å²) in [5, 5.41) is 0.703. The average Bonchev–Trinajstić information content (AvgIpc) is 2.84. The SMILES string of the molecule is CCC(=O)c1sc(N2CCOCC2)c(C(=O)OC)c1N. The lowest BCUT2D eigenvalue weighted by Gasteiger charge is -2.28. The summed E-state index contributed by atoms with van der Waals surface area (Å²) in [7, 11) is 1.31. The summed E-state index contributed by atoms with van der Waals surface area (Å²) in [6.07, 6.45) is 0.355. The second-order valence-corrected chi connectivity index (χ2v) is 5.39. The van der Waals surface area contributed by atoms with E-state index in [4.69, 9.17) is 15.2 Å². The third-order valence-electron chi connectivity index (χ3n) is 3.19. The van der Waals surface area contributed by atoms with Gasteiger partial charge in [0.15, 0.2) is 5.78 Å². The number of anilines is 2. The zero-order chi connectivity index (χ0) is 14.7. The number of carbonyl (C=O) groups is 2. The Morgan fingerprint density at radius 1 is 1.40 bits per heavy atom. The maximum atomic E-state index is 12.0. The molecule has 2 rings (SSSR count). The first-order valence-electron chi connectivity index (χ1n) is 6.46. The Morgan fingerprint density at radius 3 is 2.60 bits per heavy atom. The summed E-state index contributed by atoms with van der Waals surface area (Å²) in [5.74, 6) is -0.562. The molecular weight excluding hydrogens is 280 g/mol. The van der Waals surface area contributed by atoms with E-state index in [-0.39, 0.29) is 11.5 Å². The molecule has 0 aliphatic carbocycles. The van der Waals surface area contributed by atoms with Crippen LogP contribution in [-0.2, 0) is 9.47 Å². The Kier molecular flexibility index (Phi) is 4.61. The normalized spacial score (nSPS) is 15.2. The Bertz CT molecular complexity index is 521. The quantitative estimate of drug-likeness (QED) is 0.671. The first-order chi connectivity index (χ1) is 9.60. The minimum atomic E-state index is -0.504. The van der Waals surface area contributed by atoms with Gasteiger partial charge in [-0.3, -0.25) is 4.79 Å². The number of thiophene rings is 1. The largest absolute Gasteiger partial charge is 0.465 e. The highest BCUT2D eigenvalue weighted by Crippen LogP contribution is 2.39. The van der Waals surface area contributed by atoms with E-state index in [0.29, 0.717) is 48.2 Å². The van der Waals surface area contributed by atoms with Crippen molar-refractivity contribution in [3.63, 3.8) is 0 Å². The predicted octanol–water partition coefficient (Wildman–Crippen LogP) is 1.55. The molecule has 2 heterocycles. The van der Waals surface area contributed by atoms with Gasteiger partial charge in [0.1, 0.15) is 10.6 Å². The molecule has 0 spiro atoms. The molecule has 20 heavy (non-hydrogen) atoms. The molecule has 1 aliphatic heterocycles. The highest BCUT2D eigenvalue weighted by Gasteiger charge is 2.29. The fraction of sp³-hybridized carbons (Fsp3) is 0.538. The van der Waals surface area contributed by atoms with Crippen molar-refractivity contribution in [2.75, 3.05) is 44.0 Å². The predicted molar refractivity (Wildman–Crippen MR) is 77.7 cm³/mol. The van der Waals surface area contributed by atoms with Gasteiger partial charge in [0.05, 0.1) is 30.9 Å². The number of nitrogen functional groups attached to an aromatic ring is 1. The van der Waals surface area contributed by atoms with E-state index in [2.05, 4.69) is 0 Å². The second-order valence-electron chi connectivity index (χ2n) is 4.39. The molecule has 0 amide bonds. The Hall–Kier alpha value is -1.60. The van der Waals surface area contributed by atoms with Gasteiger partial charge in [-0.05, 0) is 0 Å². The number of nitrogens with zero attached hydrogens (tertiary/aromatic N) is 1. The fourth-order valence-corrected chi connectivity index (χ4v) is 3.36. The van der Waals surface area contributed by atoms with Crippen LogP contribution in [0, 0.1) is 0 Å². The molecule has 0 unspecified atom stereocenters. The van der Waals surface area contributed by atoms with E-state index < -0.39 is 5.97 Å². The number of rotatable bonds is 4. The Morgan fingerprint density at radius 2 is 2.05 bits per heavy atom. The third kappa shape index (κ3) is 2.64. The maximum Gasteiger partial charge on any atom is 0.343 e. The molecule has 6 nitrogen and oxygen atoms in total. The molecule has 1 fully saturated rings. The number of ketones is 1. The molecular formula is C13H18N2O4S. The van der Waals surface area contributed by atoms with Gasteiger partial charge in [0.25, 0.3) is 0 Å². The maximum absolute atomic E-state index is 12.0. The van der Waals surface area contributed by atoms with Crippen LogP contribution in [0.4, 0.5) is 10.7 Å². The van der Waals surface area contributed by atoms with Crippen molar-refractivity contribution < 1.29 is 19.1 Å². The van der Waals surface area contributed by atoms with Crippen molar-refractivity contribution >= 4 is 33.8 Å². The van der Waals surface area contributed by atoms with Gasteiger partial charge in [-0.15, -0.1) is 11.3 Å². The molecule has 7 heteroatoms. The molecule has 0 aromatic carbocycles. The minimum absolute atomic E-state index is 0.0582. The third-order valence-corrected chi connectivity index (χ3v) is 4.50. The van der Waals surface area contributed by atoms with Gasteiger partial charge in [0.2, 0.25) is 0 Å². The van der Waals surface area contributed by atoms with Gasteiger partial charge >= 0.3 is 5.97 Å². The number of nitrogens with two attached hydrogens (primary N) is 1. The zero-order valence-electron chi connectivity index (χ0n) is 11.6. The second kappa shape index (κ2) is 6.23. The molecule has 1 aromatic heterocycles. The minimum Gasteiger partial charge on any atom is -0.465 e. The summed E-state index contributed by atoms with van der Waals surface area (Å²) >= 11 is 1.26. The zero-order valence-corrected chi connectivity index (χ0v) is 12.4. The summed E-state index contributed by atoms with van der Waals surface area (Å²) < 4.78 is 10.1. The van der Waals surface area contributed by atoms with Crippen molar-refractivity contribution in [2.24, 2.45) is 0 Å². The van der Waals surface area contributed by atoms with E-state index in [1.807, 2.05) is 4.90 Å². The Balaban J connectivity index is 2.47. The van der Waals surface area contributed by atoms with E-state index in [9.17, 15) is 9.59 Å². The van der Waals surface area contributed by atoms with Crippen molar-refractivity contribution in [2.45, 2.75) is 13.3 Å². The smallest absolute Gasteiger partial charge is 0.343 e. The van der Waals surface area contributed by atoms with Crippen LogP contribution in [0.5, 0.6) is 0 Å². The number of hydrogen-bond acceptors (Lipinski definition) is 7. The lowest BCUT2D eigenvalue weighted by Crippen LogP contribution is -2.36. The standard InChI is InChI=1S/C13H18N2O4S/c1-3-8(16)11-10(14)9(13(17)18-2)12(20-11)15-4-6-19-7-5-15/h3-7,14H2,1-2H3. The van der Waals surface area contributed by atoms with E-state index >= 15 is 0 Å². The van der Waals surface area contributed by atoms with Crippen LogP contribution in [0.1, 0.15) is 33.4 Å². The summed E-state index contributed by atoms with van der Waals surface area (Å²) in [6.45, 7) is 4.30. The number of Topliss-reactive ketones (excluding diaryl/α,β-unsaturated/α-hetero) is 1. The first-order valence-corrected chi connectivity index (χ1v) is 7.28. The first kappa shape index (κ1) is 14.8. The number of morpholine rings is 1. The average molecular weight is 298 g/mol. The molecule has 0 bridgehead atoms. The van der Waals surface area contributed by atoms with Gasteiger partial charge in [-0.1, -0.05) is 6.92 Å². The van der Waals surface area contributed by atoms with Crippen molar-refractivity contribution in [3.05, 3.63) is 10.4 Å². The molecule has 0 saturated carbocycles. The van der Waals surface area contributed by atoms with Crippen molar-refractivity contribution in [1.82, 2.24) is 0 Å². The highest BCUT2D eigenvalue weighted by atomic mass is 32.1. The number of methoxy groups -OCH3 is 1. The summed E-state index contributed by atoms with van der Waals surface area (Å²) in [4.78, 5) is 26.3. The molecule has 110 valence electrons. The number of ether oxygens (including phenoxy) is 2. The van der Waals surface area contributed by atoms with Gasteiger partial charge in [-0.2, -0.15) is 0 Å². The fourth-order valence-electron chi connectivity index (χ4n) is 2.09. The van der Waals surface area contributed by atoms with Crippen LogP contribution in [0.3, 0.4) is 0 Å². The van der Waals surface area contributed by atoms with Crippen LogP contribution >= 0.6 is 11.3 Å². The number of hydrogen-bond donors (Lipinski definition) is 1. The van der Waals surface area contributed by atoms with Crippen LogP contribution in [0.25, 0.3) is 0 Å². The van der Waals surface area contributed by atoms with Gasteiger partial charge < -0.3 is 20.1 Å². The molecule has 1 aliphatic rings. The van der Waals surface area contributed by atoms with Crippen LogP contribution in [-0.4, -0.2) is 45.2 Å². The van der Waals surface area contributed by atoms with E-state index in [1.165, 1.54) is 18.4 Å². The number of esters is 1. The Labute approximate surface area is 121 Å². The molecule has 2 N–H and O–H groups in total.